The van der Waals surface area contributed by atoms with Crippen LogP contribution in [0.15, 0.2) is 28.7 Å². The van der Waals surface area contributed by atoms with Crippen LogP contribution in [0.4, 0.5) is 4.79 Å². The molecule has 1 aliphatic heterocycles. The maximum atomic E-state index is 11.7. The fourth-order valence-electron chi connectivity index (χ4n) is 1.81. The van der Waals surface area contributed by atoms with E-state index in [1.807, 2.05) is 45.0 Å². The number of carbonyl (C=O) groups excluding carboxylic acids is 1. The highest BCUT2D eigenvalue weighted by Crippen LogP contribution is 2.18. The van der Waals surface area contributed by atoms with Gasteiger partial charge < -0.3 is 14.4 Å². The van der Waals surface area contributed by atoms with E-state index in [0.29, 0.717) is 19.7 Å². The van der Waals surface area contributed by atoms with Gasteiger partial charge in [0.1, 0.15) is 5.60 Å². The largest absolute Gasteiger partial charge is 0.444 e. The van der Waals surface area contributed by atoms with Crippen molar-refractivity contribution in [1.29, 1.82) is 0 Å². The van der Waals surface area contributed by atoms with Gasteiger partial charge in [-0.2, -0.15) is 0 Å². The van der Waals surface area contributed by atoms with Gasteiger partial charge in [0.05, 0.1) is 25.8 Å². The maximum absolute atomic E-state index is 11.7. The number of likely N-dealkylation sites (tertiary alicyclic amines) is 1. The standard InChI is InChI=1S/C15H20BrNO3/c1-15(2,3)20-14(18)17-8-13(9-17)19-10-11-4-6-12(16)7-5-11/h4-7,13H,8-10H2,1-3H3. The molecule has 110 valence electrons. The number of rotatable bonds is 3. The summed E-state index contributed by atoms with van der Waals surface area (Å²) in [5.74, 6) is 0. The minimum Gasteiger partial charge on any atom is -0.444 e. The van der Waals surface area contributed by atoms with Crippen LogP contribution >= 0.6 is 15.9 Å². The Bertz CT molecular complexity index is 461. The molecule has 0 atom stereocenters. The van der Waals surface area contributed by atoms with Crippen LogP contribution in [0.5, 0.6) is 0 Å². The minimum atomic E-state index is -0.444. The van der Waals surface area contributed by atoms with Gasteiger partial charge in [0.2, 0.25) is 0 Å². The Labute approximate surface area is 128 Å². The van der Waals surface area contributed by atoms with Gasteiger partial charge in [-0.15, -0.1) is 0 Å². The fraction of sp³-hybridized carbons (Fsp3) is 0.533. The Balaban J connectivity index is 1.69. The zero-order chi connectivity index (χ0) is 14.8. The summed E-state index contributed by atoms with van der Waals surface area (Å²) >= 11 is 3.40. The van der Waals surface area contributed by atoms with Gasteiger partial charge in [-0.05, 0) is 38.5 Å². The smallest absolute Gasteiger partial charge is 0.410 e. The van der Waals surface area contributed by atoms with Crippen molar-refractivity contribution in [3.63, 3.8) is 0 Å². The van der Waals surface area contributed by atoms with Crippen LogP contribution in [0, 0.1) is 0 Å². The molecule has 1 saturated heterocycles. The maximum Gasteiger partial charge on any atom is 0.410 e. The summed E-state index contributed by atoms with van der Waals surface area (Å²) < 4.78 is 12.1. The lowest BCUT2D eigenvalue weighted by molar-refractivity contribution is -0.0691. The van der Waals surface area contributed by atoms with E-state index in [4.69, 9.17) is 9.47 Å². The molecule has 0 bridgehead atoms. The van der Waals surface area contributed by atoms with E-state index in [9.17, 15) is 4.79 Å². The SMILES string of the molecule is CC(C)(C)OC(=O)N1CC(OCc2ccc(Br)cc2)C1. The van der Waals surface area contributed by atoms with Crippen LogP contribution in [-0.4, -0.2) is 35.8 Å². The molecular formula is C15H20BrNO3. The topological polar surface area (TPSA) is 38.8 Å². The average Bonchev–Trinajstić information content (AvgIpc) is 2.27. The van der Waals surface area contributed by atoms with Crippen LogP contribution in [0.3, 0.4) is 0 Å². The molecule has 2 rings (SSSR count). The third kappa shape index (κ3) is 4.49. The second-order valence-electron chi connectivity index (χ2n) is 5.94. The zero-order valence-corrected chi connectivity index (χ0v) is 13.6. The van der Waals surface area contributed by atoms with Gasteiger partial charge in [0, 0.05) is 4.47 Å². The van der Waals surface area contributed by atoms with E-state index < -0.39 is 5.60 Å². The van der Waals surface area contributed by atoms with Gasteiger partial charge in [-0.25, -0.2) is 4.79 Å². The molecule has 1 aromatic carbocycles. The highest BCUT2D eigenvalue weighted by molar-refractivity contribution is 9.10. The first-order valence-electron chi connectivity index (χ1n) is 6.67. The third-order valence-corrected chi connectivity index (χ3v) is 3.43. The first-order valence-corrected chi connectivity index (χ1v) is 7.47. The molecular weight excluding hydrogens is 322 g/mol. The summed E-state index contributed by atoms with van der Waals surface area (Å²) in [5.41, 5.74) is 0.685. The Morgan fingerprint density at radius 2 is 1.90 bits per heavy atom. The average molecular weight is 342 g/mol. The molecule has 0 radical (unpaired) electrons. The van der Waals surface area contributed by atoms with E-state index in [1.165, 1.54) is 0 Å². The highest BCUT2D eigenvalue weighted by Gasteiger charge is 2.34. The van der Waals surface area contributed by atoms with Gasteiger partial charge in [0.25, 0.3) is 0 Å². The molecule has 0 unspecified atom stereocenters. The van der Waals surface area contributed by atoms with Gasteiger partial charge in [-0.3, -0.25) is 0 Å². The molecule has 1 aliphatic rings. The number of hydrogen-bond donors (Lipinski definition) is 0. The molecule has 0 aromatic heterocycles. The highest BCUT2D eigenvalue weighted by atomic mass is 79.9. The lowest BCUT2D eigenvalue weighted by Crippen LogP contribution is -2.55. The van der Waals surface area contributed by atoms with Crippen molar-refractivity contribution in [2.24, 2.45) is 0 Å². The van der Waals surface area contributed by atoms with E-state index in [-0.39, 0.29) is 12.2 Å². The van der Waals surface area contributed by atoms with Gasteiger partial charge in [0.15, 0.2) is 0 Å². The number of nitrogens with zero attached hydrogens (tertiary/aromatic N) is 1. The zero-order valence-electron chi connectivity index (χ0n) is 12.1. The molecule has 1 heterocycles. The van der Waals surface area contributed by atoms with Crippen molar-refractivity contribution in [2.45, 2.75) is 39.1 Å². The van der Waals surface area contributed by atoms with Crippen LogP contribution in [0.1, 0.15) is 26.3 Å². The minimum absolute atomic E-state index is 0.103. The van der Waals surface area contributed by atoms with Gasteiger partial charge >= 0.3 is 6.09 Å². The lowest BCUT2D eigenvalue weighted by Gasteiger charge is -2.39. The van der Waals surface area contributed by atoms with E-state index in [0.717, 1.165) is 10.0 Å². The predicted molar refractivity (Wildman–Crippen MR) is 80.5 cm³/mol. The second-order valence-corrected chi connectivity index (χ2v) is 6.86. The Morgan fingerprint density at radius 3 is 2.45 bits per heavy atom. The molecule has 1 aromatic rings. The molecule has 1 fully saturated rings. The Kier molecular flexibility index (Phi) is 4.70. The molecule has 0 N–H and O–H groups in total. The molecule has 4 nitrogen and oxygen atoms in total. The summed E-state index contributed by atoms with van der Waals surface area (Å²) in [5, 5.41) is 0. The number of ether oxygens (including phenoxy) is 2. The monoisotopic (exact) mass is 341 g/mol. The van der Waals surface area contributed by atoms with Crippen molar-refractivity contribution in [3.05, 3.63) is 34.3 Å². The summed E-state index contributed by atoms with van der Waals surface area (Å²) in [7, 11) is 0. The van der Waals surface area contributed by atoms with Crippen LogP contribution in [0.2, 0.25) is 0 Å². The summed E-state index contributed by atoms with van der Waals surface area (Å²) in [4.78, 5) is 13.4. The quantitative estimate of drug-likeness (QED) is 0.843. The lowest BCUT2D eigenvalue weighted by atomic mass is 10.1. The first kappa shape index (κ1) is 15.3. The number of amides is 1. The number of halogens is 1. The normalized spacial score (nSPS) is 15.9. The van der Waals surface area contributed by atoms with E-state index in [2.05, 4.69) is 15.9 Å². The molecule has 0 saturated carbocycles. The van der Waals surface area contributed by atoms with Crippen molar-refractivity contribution >= 4 is 22.0 Å². The van der Waals surface area contributed by atoms with E-state index in [1.54, 1.807) is 4.90 Å². The van der Waals surface area contributed by atoms with Crippen molar-refractivity contribution in [1.82, 2.24) is 4.90 Å². The molecule has 20 heavy (non-hydrogen) atoms. The number of hydrogen-bond acceptors (Lipinski definition) is 3. The number of carbonyl (C=O) groups is 1. The second kappa shape index (κ2) is 6.14. The molecule has 1 amide bonds. The molecule has 0 spiro atoms. The summed E-state index contributed by atoms with van der Waals surface area (Å²) in [6.45, 7) is 7.38. The van der Waals surface area contributed by atoms with Crippen LogP contribution in [-0.2, 0) is 16.1 Å². The predicted octanol–water partition coefficient (Wildman–Crippen LogP) is 3.59. The fourth-order valence-corrected chi connectivity index (χ4v) is 2.08. The van der Waals surface area contributed by atoms with Crippen LogP contribution < -0.4 is 0 Å². The third-order valence-electron chi connectivity index (χ3n) is 2.90. The molecule has 5 heteroatoms. The summed E-state index contributed by atoms with van der Waals surface area (Å²) in [6, 6.07) is 8.03. The molecule has 0 aliphatic carbocycles. The van der Waals surface area contributed by atoms with Crippen molar-refractivity contribution < 1.29 is 14.3 Å². The van der Waals surface area contributed by atoms with Crippen molar-refractivity contribution in [2.75, 3.05) is 13.1 Å². The van der Waals surface area contributed by atoms with Crippen LogP contribution in [0.25, 0.3) is 0 Å². The van der Waals surface area contributed by atoms with Gasteiger partial charge in [-0.1, -0.05) is 28.1 Å². The van der Waals surface area contributed by atoms with Crippen molar-refractivity contribution in [3.8, 4) is 0 Å². The Hall–Kier alpha value is -1.07. The number of benzene rings is 1. The Morgan fingerprint density at radius 1 is 1.30 bits per heavy atom. The van der Waals surface area contributed by atoms with E-state index >= 15 is 0 Å². The first-order chi connectivity index (χ1) is 9.33. The summed E-state index contributed by atoms with van der Waals surface area (Å²) in [6.07, 6.45) is -0.160.